The Hall–Kier alpha value is -1.07. The van der Waals surface area contributed by atoms with Gasteiger partial charge in [-0.2, -0.15) is 4.31 Å². The molecule has 0 radical (unpaired) electrons. The highest BCUT2D eigenvalue weighted by atomic mass is 32.2. The van der Waals surface area contributed by atoms with Crippen molar-refractivity contribution in [3.63, 3.8) is 0 Å². The van der Waals surface area contributed by atoms with Gasteiger partial charge >= 0.3 is 0 Å². The molecule has 1 heterocycles. The van der Waals surface area contributed by atoms with E-state index < -0.39 is 10.0 Å². The summed E-state index contributed by atoms with van der Waals surface area (Å²) in [5.74, 6) is 0. The monoisotopic (exact) mass is 296 g/mol. The third-order valence-electron chi connectivity index (χ3n) is 4.05. The number of sulfonamides is 1. The molecule has 2 rings (SSSR count). The van der Waals surface area contributed by atoms with Crippen LogP contribution in [0.1, 0.15) is 45.1 Å². The van der Waals surface area contributed by atoms with Crippen LogP contribution < -0.4 is 5.73 Å². The van der Waals surface area contributed by atoms with Gasteiger partial charge in [-0.3, -0.25) is 0 Å². The van der Waals surface area contributed by atoms with E-state index in [0.29, 0.717) is 23.5 Å². The van der Waals surface area contributed by atoms with Crippen LogP contribution in [-0.2, 0) is 16.4 Å². The Bertz CT molecular complexity index is 569. The van der Waals surface area contributed by atoms with Crippen molar-refractivity contribution in [3.8, 4) is 0 Å². The van der Waals surface area contributed by atoms with Gasteiger partial charge in [0.2, 0.25) is 10.0 Å². The van der Waals surface area contributed by atoms with E-state index in [1.165, 1.54) is 0 Å². The van der Waals surface area contributed by atoms with Crippen LogP contribution >= 0.6 is 0 Å². The Morgan fingerprint density at radius 3 is 2.75 bits per heavy atom. The number of nitrogens with two attached hydrogens (primary N) is 1. The van der Waals surface area contributed by atoms with E-state index in [1.54, 1.807) is 16.4 Å². The molecule has 0 bridgehead atoms. The maximum Gasteiger partial charge on any atom is 0.243 e. The summed E-state index contributed by atoms with van der Waals surface area (Å²) in [7, 11) is -3.45. The number of anilines is 1. The molecule has 0 aliphatic carbocycles. The molecule has 1 aromatic rings. The zero-order valence-corrected chi connectivity index (χ0v) is 13.1. The molecular formula is C15H24N2O2S. The number of benzene rings is 1. The molecule has 1 saturated heterocycles. The van der Waals surface area contributed by atoms with Gasteiger partial charge in [0.25, 0.3) is 0 Å². The molecule has 20 heavy (non-hydrogen) atoms. The molecule has 1 aliphatic rings. The number of nitrogens with zero attached hydrogens (tertiary/aromatic N) is 1. The summed E-state index contributed by atoms with van der Waals surface area (Å²) < 4.78 is 27.6. The summed E-state index contributed by atoms with van der Waals surface area (Å²) in [4.78, 5) is 0.383. The van der Waals surface area contributed by atoms with Crippen molar-refractivity contribution < 1.29 is 8.42 Å². The van der Waals surface area contributed by atoms with Gasteiger partial charge in [0, 0.05) is 18.3 Å². The summed E-state index contributed by atoms with van der Waals surface area (Å²) in [6, 6.07) is 5.26. The number of hydrogen-bond acceptors (Lipinski definition) is 3. The standard InChI is InChI=1S/C15H24N2O2S/c1-3-13-8-9-14(16)11-15(13)20(18,19)17-10-6-4-5-7-12(17)2/h8-9,11-12H,3-7,10,16H2,1-2H3. The van der Waals surface area contributed by atoms with E-state index in [-0.39, 0.29) is 6.04 Å². The zero-order chi connectivity index (χ0) is 14.8. The van der Waals surface area contributed by atoms with Crippen LogP contribution in [0.3, 0.4) is 0 Å². The third kappa shape index (κ3) is 2.99. The molecule has 1 fully saturated rings. The maximum atomic E-state index is 13.0. The average Bonchev–Trinajstić information content (AvgIpc) is 2.63. The molecule has 0 spiro atoms. The minimum atomic E-state index is -3.45. The highest BCUT2D eigenvalue weighted by Crippen LogP contribution is 2.28. The molecule has 1 unspecified atom stereocenters. The predicted molar refractivity (Wildman–Crippen MR) is 82.1 cm³/mol. The Morgan fingerprint density at radius 1 is 1.30 bits per heavy atom. The second-order valence-electron chi connectivity index (χ2n) is 5.53. The molecular weight excluding hydrogens is 272 g/mol. The van der Waals surface area contributed by atoms with Crippen molar-refractivity contribution in [1.82, 2.24) is 4.31 Å². The Morgan fingerprint density at radius 2 is 2.05 bits per heavy atom. The molecule has 0 amide bonds. The number of rotatable bonds is 3. The van der Waals surface area contributed by atoms with E-state index in [0.717, 1.165) is 31.2 Å². The summed E-state index contributed by atoms with van der Waals surface area (Å²) in [6.07, 6.45) is 4.77. The first-order chi connectivity index (χ1) is 9.46. The van der Waals surface area contributed by atoms with Crippen LogP contribution in [0.2, 0.25) is 0 Å². The second kappa shape index (κ2) is 6.14. The first kappa shape index (κ1) is 15.3. The van der Waals surface area contributed by atoms with Gasteiger partial charge in [0.1, 0.15) is 0 Å². The lowest BCUT2D eigenvalue weighted by Gasteiger charge is -2.27. The maximum absolute atomic E-state index is 13.0. The molecule has 1 atom stereocenters. The lowest BCUT2D eigenvalue weighted by molar-refractivity contribution is 0.342. The van der Waals surface area contributed by atoms with Gasteiger partial charge in [0.05, 0.1) is 4.90 Å². The van der Waals surface area contributed by atoms with Crippen molar-refractivity contribution in [2.45, 2.75) is 56.9 Å². The number of aryl methyl sites for hydroxylation is 1. The van der Waals surface area contributed by atoms with Crippen LogP contribution in [0.4, 0.5) is 5.69 Å². The van der Waals surface area contributed by atoms with Crippen molar-refractivity contribution in [3.05, 3.63) is 23.8 Å². The van der Waals surface area contributed by atoms with Crippen LogP contribution in [0.25, 0.3) is 0 Å². The van der Waals surface area contributed by atoms with Gasteiger partial charge in [-0.1, -0.05) is 25.8 Å². The van der Waals surface area contributed by atoms with E-state index in [1.807, 2.05) is 19.9 Å². The van der Waals surface area contributed by atoms with E-state index in [4.69, 9.17) is 5.73 Å². The highest BCUT2D eigenvalue weighted by Gasteiger charge is 2.31. The average molecular weight is 296 g/mol. The number of hydrogen-bond donors (Lipinski definition) is 1. The molecule has 1 aliphatic heterocycles. The summed E-state index contributed by atoms with van der Waals surface area (Å²) in [5, 5.41) is 0. The fourth-order valence-electron chi connectivity index (χ4n) is 2.84. The van der Waals surface area contributed by atoms with Gasteiger partial charge in [0.15, 0.2) is 0 Å². The highest BCUT2D eigenvalue weighted by molar-refractivity contribution is 7.89. The predicted octanol–water partition coefficient (Wildman–Crippen LogP) is 2.78. The molecule has 1 aromatic carbocycles. The third-order valence-corrected chi connectivity index (χ3v) is 6.15. The van der Waals surface area contributed by atoms with E-state index in [9.17, 15) is 8.42 Å². The second-order valence-corrected chi connectivity index (χ2v) is 7.39. The first-order valence-corrected chi connectivity index (χ1v) is 8.81. The minimum absolute atomic E-state index is 0.0636. The van der Waals surface area contributed by atoms with Crippen LogP contribution in [-0.4, -0.2) is 25.3 Å². The minimum Gasteiger partial charge on any atom is -0.399 e. The van der Waals surface area contributed by atoms with Gasteiger partial charge in [-0.05, 0) is 43.9 Å². The van der Waals surface area contributed by atoms with Crippen molar-refractivity contribution in [2.24, 2.45) is 0 Å². The number of nitrogen functional groups attached to an aromatic ring is 1. The quantitative estimate of drug-likeness (QED) is 0.872. The van der Waals surface area contributed by atoms with Gasteiger partial charge in [-0.25, -0.2) is 8.42 Å². The molecule has 0 aromatic heterocycles. The summed E-state index contributed by atoms with van der Waals surface area (Å²) in [6.45, 7) is 4.58. The normalized spacial score (nSPS) is 21.6. The fraction of sp³-hybridized carbons (Fsp3) is 0.600. The van der Waals surface area contributed by atoms with E-state index >= 15 is 0 Å². The van der Waals surface area contributed by atoms with Crippen molar-refractivity contribution in [2.75, 3.05) is 12.3 Å². The van der Waals surface area contributed by atoms with E-state index in [2.05, 4.69) is 0 Å². The Labute approximate surface area is 122 Å². The Balaban J connectivity index is 2.45. The largest absolute Gasteiger partial charge is 0.399 e. The topological polar surface area (TPSA) is 63.4 Å². The summed E-state index contributed by atoms with van der Waals surface area (Å²) >= 11 is 0. The Kier molecular flexibility index (Phi) is 4.70. The lowest BCUT2D eigenvalue weighted by Crippen LogP contribution is -2.38. The van der Waals surface area contributed by atoms with Crippen LogP contribution in [0.15, 0.2) is 23.1 Å². The molecule has 2 N–H and O–H groups in total. The van der Waals surface area contributed by atoms with Gasteiger partial charge < -0.3 is 5.73 Å². The summed E-state index contributed by atoms with van der Waals surface area (Å²) in [5.41, 5.74) is 7.14. The SMILES string of the molecule is CCc1ccc(N)cc1S(=O)(=O)N1CCCCCC1C. The molecule has 4 nitrogen and oxygen atoms in total. The molecule has 0 saturated carbocycles. The molecule has 5 heteroatoms. The van der Waals surface area contributed by atoms with Crippen molar-refractivity contribution in [1.29, 1.82) is 0 Å². The smallest absolute Gasteiger partial charge is 0.243 e. The van der Waals surface area contributed by atoms with Crippen molar-refractivity contribution >= 4 is 15.7 Å². The van der Waals surface area contributed by atoms with Crippen LogP contribution in [0.5, 0.6) is 0 Å². The molecule has 112 valence electrons. The fourth-order valence-corrected chi connectivity index (χ4v) is 4.87. The first-order valence-electron chi connectivity index (χ1n) is 7.37. The lowest BCUT2D eigenvalue weighted by atomic mass is 10.1. The zero-order valence-electron chi connectivity index (χ0n) is 12.3. The van der Waals surface area contributed by atoms with Crippen LogP contribution in [0, 0.1) is 0 Å². The van der Waals surface area contributed by atoms with Gasteiger partial charge in [-0.15, -0.1) is 0 Å².